The maximum Gasteiger partial charge on any atom is 0.228 e. The molecule has 1 aromatic carbocycles. The Morgan fingerprint density at radius 1 is 0.957 bits per heavy atom. The van der Waals surface area contributed by atoms with Crippen LogP contribution in [0, 0.1) is 0 Å². The second-order valence-electron chi connectivity index (χ2n) is 5.25. The normalized spacial score (nSPS) is 15.3. The Bertz CT molecular complexity index is 697. The highest BCUT2D eigenvalue weighted by atomic mass is 16.5. The molecule has 0 saturated heterocycles. The van der Waals surface area contributed by atoms with Crippen molar-refractivity contribution in [3.05, 3.63) is 58.1 Å². The van der Waals surface area contributed by atoms with E-state index in [-0.39, 0.29) is 29.7 Å². The van der Waals surface area contributed by atoms with Crippen LogP contribution in [-0.2, 0) is 31.9 Å². The van der Waals surface area contributed by atoms with E-state index in [1.165, 1.54) is 14.2 Å². The van der Waals surface area contributed by atoms with Crippen molar-refractivity contribution in [1.82, 2.24) is 0 Å². The maximum absolute atomic E-state index is 12.6. The Balaban J connectivity index is 2.42. The fraction of sp³-hybridized carbons (Fsp3) is 0.333. The number of Topliss-reactive ketones (excluding diaryl/α,β-unsaturated/α-hetero) is 2. The van der Waals surface area contributed by atoms with Gasteiger partial charge < -0.3 is 14.6 Å². The van der Waals surface area contributed by atoms with Crippen molar-refractivity contribution in [2.45, 2.75) is 19.8 Å². The maximum atomic E-state index is 12.6. The summed E-state index contributed by atoms with van der Waals surface area (Å²) >= 11 is 0. The number of benzene rings is 1. The van der Waals surface area contributed by atoms with E-state index in [0.29, 0.717) is 24.0 Å². The van der Waals surface area contributed by atoms with Gasteiger partial charge in [-0.15, -0.1) is 0 Å². The lowest BCUT2D eigenvalue weighted by Crippen LogP contribution is -2.26. The summed E-state index contributed by atoms with van der Waals surface area (Å²) in [6.07, 6.45) is 0.817. The molecule has 5 heteroatoms. The fourth-order valence-electron chi connectivity index (χ4n) is 2.69. The lowest BCUT2D eigenvalue weighted by Gasteiger charge is -2.21. The highest BCUT2D eigenvalue weighted by molar-refractivity contribution is 6.23. The third-order valence-electron chi connectivity index (χ3n) is 3.96. The Kier molecular flexibility index (Phi) is 5.34. The van der Waals surface area contributed by atoms with Crippen molar-refractivity contribution in [2.24, 2.45) is 0 Å². The highest BCUT2D eigenvalue weighted by Gasteiger charge is 2.34. The fourth-order valence-corrected chi connectivity index (χ4v) is 2.69. The van der Waals surface area contributed by atoms with Crippen LogP contribution in [0.1, 0.15) is 18.1 Å². The predicted molar refractivity (Wildman–Crippen MR) is 84.7 cm³/mol. The molecule has 1 N–H and O–H groups in total. The Hall–Kier alpha value is -2.40. The molecule has 0 radical (unpaired) electrons. The topological polar surface area (TPSA) is 72.8 Å². The lowest BCUT2D eigenvalue weighted by molar-refractivity contribution is -0.121. The standard InChI is InChI=1S/C18H20O5/c1-11-14(10-13-7-5-4-6-12(13)8-9-19)16(21)18(23-3)17(22-2)15(11)20/h4-7,19H,8-10H2,1-3H3. The van der Waals surface area contributed by atoms with Gasteiger partial charge in [-0.25, -0.2) is 0 Å². The summed E-state index contributed by atoms with van der Waals surface area (Å²) in [4.78, 5) is 25.0. The van der Waals surface area contributed by atoms with E-state index in [4.69, 9.17) is 14.6 Å². The minimum atomic E-state index is -0.335. The zero-order chi connectivity index (χ0) is 17.0. The molecule has 0 heterocycles. The first-order valence-corrected chi connectivity index (χ1v) is 7.34. The van der Waals surface area contributed by atoms with Gasteiger partial charge in [0.2, 0.25) is 23.1 Å². The average molecular weight is 316 g/mol. The minimum absolute atomic E-state index is 0.0268. The number of allylic oxidation sites excluding steroid dienone is 2. The minimum Gasteiger partial charge on any atom is -0.489 e. The Morgan fingerprint density at radius 3 is 2.09 bits per heavy atom. The molecular weight excluding hydrogens is 296 g/mol. The molecule has 1 aliphatic carbocycles. The van der Waals surface area contributed by atoms with E-state index in [2.05, 4.69) is 0 Å². The quantitative estimate of drug-likeness (QED) is 0.809. The second-order valence-corrected chi connectivity index (χ2v) is 5.25. The molecule has 0 bridgehead atoms. The molecule has 122 valence electrons. The number of aliphatic hydroxyl groups excluding tert-OH is 1. The van der Waals surface area contributed by atoms with E-state index in [0.717, 1.165) is 11.1 Å². The molecule has 0 atom stereocenters. The van der Waals surface area contributed by atoms with E-state index >= 15 is 0 Å². The van der Waals surface area contributed by atoms with Crippen molar-refractivity contribution in [3.63, 3.8) is 0 Å². The van der Waals surface area contributed by atoms with E-state index in [1.54, 1.807) is 6.92 Å². The van der Waals surface area contributed by atoms with Crippen molar-refractivity contribution in [2.75, 3.05) is 20.8 Å². The molecular formula is C18H20O5. The summed E-state index contributed by atoms with van der Waals surface area (Å²) in [5.74, 6) is -0.779. The van der Waals surface area contributed by atoms with Crippen LogP contribution < -0.4 is 0 Å². The predicted octanol–water partition coefficient (Wildman–Crippen LogP) is 1.74. The Labute approximate surface area is 135 Å². The van der Waals surface area contributed by atoms with Crippen LogP contribution in [0.4, 0.5) is 0 Å². The van der Waals surface area contributed by atoms with Gasteiger partial charge in [-0.2, -0.15) is 0 Å². The smallest absolute Gasteiger partial charge is 0.228 e. The lowest BCUT2D eigenvalue weighted by atomic mass is 9.87. The third-order valence-corrected chi connectivity index (χ3v) is 3.96. The Morgan fingerprint density at radius 2 is 1.52 bits per heavy atom. The van der Waals surface area contributed by atoms with Crippen LogP contribution in [0.15, 0.2) is 46.9 Å². The van der Waals surface area contributed by atoms with Crippen molar-refractivity contribution in [1.29, 1.82) is 0 Å². The molecule has 0 aliphatic heterocycles. The van der Waals surface area contributed by atoms with Crippen LogP contribution in [-0.4, -0.2) is 37.5 Å². The van der Waals surface area contributed by atoms with Gasteiger partial charge in [-0.3, -0.25) is 9.59 Å². The first kappa shape index (κ1) is 17.0. The highest BCUT2D eigenvalue weighted by Crippen LogP contribution is 2.28. The monoisotopic (exact) mass is 316 g/mol. The van der Waals surface area contributed by atoms with Gasteiger partial charge in [0.1, 0.15) is 0 Å². The van der Waals surface area contributed by atoms with Gasteiger partial charge in [-0.1, -0.05) is 24.3 Å². The molecule has 2 rings (SSSR count). The van der Waals surface area contributed by atoms with Crippen molar-refractivity contribution >= 4 is 11.6 Å². The van der Waals surface area contributed by atoms with E-state index in [1.807, 2.05) is 24.3 Å². The van der Waals surface area contributed by atoms with Gasteiger partial charge >= 0.3 is 0 Å². The molecule has 1 aromatic rings. The van der Waals surface area contributed by atoms with E-state index < -0.39 is 0 Å². The molecule has 0 unspecified atom stereocenters. The number of aliphatic hydroxyl groups is 1. The summed E-state index contributed by atoms with van der Waals surface area (Å²) in [6.45, 7) is 1.65. The zero-order valence-corrected chi connectivity index (χ0v) is 13.5. The van der Waals surface area contributed by atoms with E-state index in [9.17, 15) is 9.59 Å². The number of rotatable bonds is 6. The first-order valence-electron chi connectivity index (χ1n) is 7.34. The van der Waals surface area contributed by atoms with Crippen LogP contribution in [0.3, 0.4) is 0 Å². The molecule has 0 aromatic heterocycles. The zero-order valence-electron chi connectivity index (χ0n) is 13.5. The SMILES string of the molecule is COC1=C(OC)C(=O)C(Cc2ccccc2CCO)=C(C)C1=O. The van der Waals surface area contributed by atoms with Gasteiger partial charge in [0.25, 0.3) is 0 Å². The van der Waals surface area contributed by atoms with Gasteiger partial charge in [0.05, 0.1) is 14.2 Å². The molecule has 0 amide bonds. The van der Waals surface area contributed by atoms with Gasteiger partial charge in [-0.05, 0) is 24.5 Å². The molecule has 5 nitrogen and oxygen atoms in total. The summed E-state index contributed by atoms with van der Waals surface area (Å²) in [7, 11) is 2.69. The van der Waals surface area contributed by atoms with Gasteiger partial charge in [0, 0.05) is 24.2 Å². The molecule has 0 saturated carbocycles. The summed E-state index contributed by atoms with van der Waals surface area (Å²) in [6, 6.07) is 7.55. The molecule has 0 fully saturated rings. The third kappa shape index (κ3) is 3.19. The molecule has 23 heavy (non-hydrogen) atoms. The number of ketones is 2. The molecule has 0 spiro atoms. The summed E-state index contributed by atoms with van der Waals surface area (Å²) < 4.78 is 10.1. The number of hydrogen-bond donors (Lipinski definition) is 1. The number of carbonyl (C=O) groups is 2. The summed E-state index contributed by atoms with van der Waals surface area (Å²) in [5, 5.41) is 9.17. The average Bonchev–Trinajstić information content (AvgIpc) is 2.56. The van der Waals surface area contributed by atoms with Crippen molar-refractivity contribution in [3.8, 4) is 0 Å². The number of carbonyl (C=O) groups excluding carboxylic acids is 2. The number of methoxy groups -OCH3 is 2. The van der Waals surface area contributed by atoms with Crippen LogP contribution >= 0.6 is 0 Å². The molecule has 1 aliphatic rings. The largest absolute Gasteiger partial charge is 0.489 e. The van der Waals surface area contributed by atoms with Gasteiger partial charge in [0.15, 0.2) is 0 Å². The van der Waals surface area contributed by atoms with Crippen LogP contribution in [0.2, 0.25) is 0 Å². The summed E-state index contributed by atoms with van der Waals surface area (Å²) in [5.41, 5.74) is 2.63. The second kappa shape index (κ2) is 7.24. The van der Waals surface area contributed by atoms with Crippen LogP contribution in [0.25, 0.3) is 0 Å². The number of ether oxygens (including phenoxy) is 2. The first-order chi connectivity index (χ1) is 11.0. The van der Waals surface area contributed by atoms with Crippen LogP contribution in [0.5, 0.6) is 0 Å². The van der Waals surface area contributed by atoms with Crippen molar-refractivity contribution < 1.29 is 24.2 Å². The number of hydrogen-bond acceptors (Lipinski definition) is 5.